The highest BCUT2D eigenvalue weighted by Crippen LogP contribution is 2.27. The SMILES string of the molecule is Cc1ccc(-c2cnc(-n3cc(C(O)O)cn3)cc2C#N)c(F)c1. The van der Waals surface area contributed by atoms with E-state index >= 15 is 0 Å². The molecule has 0 unspecified atom stereocenters. The first-order valence-electron chi connectivity index (χ1n) is 7.07. The first-order chi connectivity index (χ1) is 11.5. The Labute approximate surface area is 137 Å². The predicted molar refractivity (Wildman–Crippen MR) is 83.4 cm³/mol. The minimum absolute atomic E-state index is 0.198. The van der Waals surface area contributed by atoms with E-state index in [0.29, 0.717) is 16.9 Å². The van der Waals surface area contributed by atoms with Crippen LogP contribution in [-0.4, -0.2) is 25.0 Å². The summed E-state index contributed by atoms with van der Waals surface area (Å²) >= 11 is 0. The van der Waals surface area contributed by atoms with E-state index in [4.69, 9.17) is 10.2 Å². The van der Waals surface area contributed by atoms with Crippen LogP contribution in [0.5, 0.6) is 0 Å². The molecule has 1 aromatic carbocycles. The van der Waals surface area contributed by atoms with E-state index in [-0.39, 0.29) is 11.1 Å². The molecule has 0 amide bonds. The second-order valence-corrected chi connectivity index (χ2v) is 5.28. The van der Waals surface area contributed by atoms with Crippen LogP contribution in [0.1, 0.15) is 23.0 Å². The molecule has 7 heteroatoms. The Bertz CT molecular complexity index is 944. The zero-order valence-corrected chi connectivity index (χ0v) is 12.7. The van der Waals surface area contributed by atoms with Crippen molar-refractivity contribution in [2.75, 3.05) is 0 Å². The third-order valence-corrected chi connectivity index (χ3v) is 3.56. The fraction of sp³-hybridized carbons (Fsp3) is 0.118. The monoisotopic (exact) mass is 324 g/mol. The maximum Gasteiger partial charge on any atom is 0.181 e. The summed E-state index contributed by atoms with van der Waals surface area (Å²) in [6.07, 6.45) is 2.43. The van der Waals surface area contributed by atoms with Gasteiger partial charge in [0.05, 0.1) is 17.8 Å². The summed E-state index contributed by atoms with van der Waals surface area (Å²) < 4.78 is 15.5. The zero-order chi connectivity index (χ0) is 17.3. The van der Waals surface area contributed by atoms with Crippen LogP contribution >= 0.6 is 0 Å². The average molecular weight is 324 g/mol. The minimum atomic E-state index is -1.64. The molecular formula is C17H13FN4O2. The smallest absolute Gasteiger partial charge is 0.181 e. The van der Waals surface area contributed by atoms with E-state index in [9.17, 15) is 9.65 Å². The number of nitrogens with zero attached hydrogens (tertiary/aromatic N) is 4. The molecule has 0 saturated heterocycles. The molecule has 3 rings (SSSR count). The molecule has 0 aliphatic rings. The van der Waals surface area contributed by atoms with Crippen molar-refractivity contribution in [1.29, 1.82) is 5.26 Å². The van der Waals surface area contributed by atoms with Crippen LogP contribution in [0.2, 0.25) is 0 Å². The van der Waals surface area contributed by atoms with Gasteiger partial charge in [0.2, 0.25) is 0 Å². The van der Waals surface area contributed by atoms with Crippen LogP contribution in [0.4, 0.5) is 4.39 Å². The van der Waals surface area contributed by atoms with E-state index < -0.39 is 12.1 Å². The van der Waals surface area contributed by atoms with Gasteiger partial charge in [0, 0.05) is 35.2 Å². The largest absolute Gasteiger partial charge is 0.364 e. The fourth-order valence-corrected chi connectivity index (χ4v) is 2.31. The number of hydrogen-bond acceptors (Lipinski definition) is 5. The highest BCUT2D eigenvalue weighted by Gasteiger charge is 2.14. The van der Waals surface area contributed by atoms with Gasteiger partial charge in [0.1, 0.15) is 5.82 Å². The summed E-state index contributed by atoms with van der Waals surface area (Å²) in [4.78, 5) is 4.19. The second kappa shape index (κ2) is 6.20. The molecular weight excluding hydrogens is 311 g/mol. The highest BCUT2D eigenvalue weighted by atomic mass is 19.1. The lowest BCUT2D eigenvalue weighted by molar-refractivity contribution is -0.0425. The van der Waals surface area contributed by atoms with Crippen molar-refractivity contribution in [3.05, 3.63) is 65.4 Å². The van der Waals surface area contributed by atoms with Crippen LogP contribution in [0.3, 0.4) is 0 Å². The minimum Gasteiger partial charge on any atom is -0.364 e. The number of nitriles is 1. The third kappa shape index (κ3) is 2.88. The first kappa shape index (κ1) is 15.8. The standard InChI is InChI=1S/C17H13FN4O2/c1-10-2-3-13(15(18)4-10)14-8-20-16(5-11(14)6-19)22-9-12(7-21-22)17(23)24/h2-5,7-9,17,23-24H,1H3. The Kier molecular flexibility index (Phi) is 4.08. The number of halogens is 1. The van der Waals surface area contributed by atoms with E-state index in [2.05, 4.69) is 10.1 Å². The molecule has 2 N–H and O–H groups in total. The van der Waals surface area contributed by atoms with Crippen molar-refractivity contribution in [3.8, 4) is 23.0 Å². The number of aliphatic hydroxyl groups is 2. The van der Waals surface area contributed by atoms with E-state index in [0.717, 1.165) is 5.56 Å². The van der Waals surface area contributed by atoms with E-state index in [1.54, 1.807) is 19.1 Å². The molecule has 0 radical (unpaired) electrons. The summed E-state index contributed by atoms with van der Waals surface area (Å²) in [6.45, 7) is 1.78. The van der Waals surface area contributed by atoms with Crippen molar-refractivity contribution in [2.24, 2.45) is 0 Å². The second-order valence-electron chi connectivity index (χ2n) is 5.28. The normalized spacial score (nSPS) is 10.8. The Hall–Kier alpha value is -3.08. The van der Waals surface area contributed by atoms with Gasteiger partial charge in [-0.05, 0) is 18.6 Å². The third-order valence-electron chi connectivity index (χ3n) is 3.56. The van der Waals surface area contributed by atoms with E-state index in [1.165, 1.54) is 35.4 Å². The molecule has 0 atom stereocenters. The summed E-state index contributed by atoms with van der Waals surface area (Å²) in [5.74, 6) is -0.111. The van der Waals surface area contributed by atoms with Gasteiger partial charge in [-0.1, -0.05) is 12.1 Å². The Balaban J connectivity index is 2.06. The van der Waals surface area contributed by atoms with Crippen molar-refractivity contribution in [3.63, 3.8) is 0 Å². The van der Waals surface area contributed by atoms with Crippen LogP contribution in [0.15, 0.2) is 42.9 Å². The maximum absolute atomic E-state index is 14.2. The lowest BCUT2D eigenvalue weighted by Gasteiger charge is -2.08. The summed E-state index contributed by atoms with van der Waals surface area (Å²) in [5, 5.41) is 31.6. The summed E-state index contributed by atoms with van der Waals surface area (Å²) in [7, 11) is 0. The quantitative estimate of drug-likeness (QED) is 0.720. The molecule has 0 bridgehead atoms. The molecule has 0 aliphatic heterocycles. The first-order valence-corrected chi connectivity index (χ1v) is 7.07. The predicted octanol–water partition coefficient (Wildman–Crippen LogP) is 2.24. The van der Waals surface area contributed by atoms with Crippen LogP contribution in [-0.2, 0) is 0 Å². The van der Waals surface area contributed by atoms with Crippen molar-refractivity contribution < 1.29 is 14.6 Å². The van der Waals surface area contributed by atoms with Gasteiger partial charge in [0.15, 0.2) is 12.1 Å². The van der Waals surface area contributed by atoms with Gasteiger partial charge < -0.3 is 10.2 Å². The molecule has 0 saturated carbocycles. The van der Waals surface area contributed by atoms with Crippen LogP contribution in [0.25, 0.3) is 16.9 Å². The van der Waals surface area contributed by atoms with Gasteiger partial charge in [-0.2, -0.15) is 10.4 Å². The molecule has 0 aliphatic carbocycles. The number of aryl methyl sites for hydroxylation is 1. The molecule has 24 heavy (non-hydrogen) atoms. The number of aliphatic hydroxyl groups excluding tert-OH is 1. The summed E-state index contributed by atoms with van der Waals surface area (Å²) in [6, 6.07) is 8.26. The Morgan fingerprint density at radius 1 is 1.21 bits per heavy atom. The highest BCUT2D eigenvalue weighted by molar-refractivity contribution is 5.71. The number of rotatable bonds is 3. The molecule has 2 aromatic heterocycles. The van der Waals surface area contributed by atoms with Gasteiger partial charge in [-0.25, -0.2) is 14.1 Å². The Morgan fingerprint density at radius 2 is 2.00 bits per heavy atom. The van der Waals surface area contributed by atoms with Gasteiger partial charge in [0.25, 0.3) is 0 Å². The van der Waals surface area contributed by atoms with Gasteiger partial charge in [-0.3, -0.25) is 0 Å². The number of pyridine rings is 1. The zero-order valence-electron chi connectivity index (χ0n) is 12.7. The molecule has 0 spiro atoms. The molecule has 120 valence electrons. The number of hydrogen-bond donors (Lipinski definition) is 2. The van der Waals surface area contributed by atoms with Crippen LogP contribution < -0.4 is 0 Å². The lowest BCUT2D eigenvalue weighted by Crippen LogP contribution is -2.00. The molecule has 3 aromatic rings. The van der Waals surface area contributed by atoms with Crippen molar-refractivity contribution in [2.45, 2.75) is 13.2 Å². The average Bonchev–Trinajstić information content (AvgIpc) is 3.05. The van der Waals surface area contributed by atoms with Crippen LogP contribution in [0, 0.1) is 24.1 Å². The molecule has 6 nitrogen and oxygen atoms in total. The molecule has 0 fully saturated rings. The number of benzene rings is 1. The van der Waals surface area contributed by atoms with Gasteiger partial charge >= 0.3 is 0 Å². The van der Waals surface area contributed by atoms with Gasteiger partial charge in [-0.15, -0.1) is 0 Å². The molecule has 2 heterocycles. The van der Waals surface area contributed by atoms with Crippen molar-refractivity contribution >= 4 is 0 Å². The van der Waals surface area contributed by atoms with E-state index in [1.807, 2.05) is 6.07 Å². The lowest BCUT2D eigenvalue weighted by atomic mass is 10.0. The Morgan fingerprint density at radius 3 is 2.62 bits per heavy atom. The number of aromatic nitrogens is 3. The maximum atomic E-state index is 14.2. The van der Waals surface area contributed by atoms with Crippen molar-refractivity contribution in [1.82, 2.24) is 14.8 Å². The topological polar surface area (TPSA) is 95.0 Å². The fourth-order valence-electron chi connectivity index (χ4n) is 2.31. The summed E-state index contributed by atoms with van der Waals surface area (Å²) in [5.41, 5.74) is 1.90.